The Bertz CT molecular complexity index is 663. The molecule has 0 aromatic heterocycles. The first-order valence-corrected chi connectivity index (χ1v) is 9.27. The van der Waals surface area contributed by atoms with Crippen LogP contribution in [0.5, 0.6) is 0 Å². The molecule has 2 aliphatic rings. The number of anilines is 2. The number of aliphatic carboxylic acids is 1. The van der Waals surface area contributed by atoms with Gasteiger partial charge in [-0.2, -0.15) is 0 Å². The molecule has 3 rings (SSSR count). The molecule has 1 heterocycles. The van der Waals surface area contributed by atoms with Crippen molar-refractivity contribution < 1.29 is 23.5 Å². The lowest BCUT2D eigenvalue weighted by atomic mass is 9.86. The van der Waals surface area contributed by atoms with E-state index in [9.17, 15) is 18.4 Å². The van der Waals surface area contributed by atoms with Gasteiger partial charge in [0.15, 0.2) is 0 Å². The fraction of sp³-hybridized carbons (Fsp3) is 0.529. The zero-order valence-corrected chi connectivity index (χ0v) is 14.4. The third kappa shape index (κ3) is 4.23. The summed E-state index contributed by atoms with van der Waals surface area (Å²) in [5.41, 5.74) is 1.29. The number of benzene rings is 1. The van der Waals surface area contributed by atoms with Crippen molar-refractivity contribution in [3.05, 3.63) is 18.2 Å². The van der Waals surface area contributed by atoms with Crippen LogP contribution in [0.3, 0.4) is 0 Å². The number of nitrogens with one attached hydrogen (secondary N) is 1. The van der Waals surface area contributed by atoms with Crippen molar-refractivity contribution in [2.45, 2.75) is 43.0 Å². The fourth-order valence-corrected chi connectivity index (χ4v) is 4.27. The molecular formula is C17H20F2N2O3S. The van der Waals surface area contributed by atoms with Crippen LogP contribution in [0.4, 0.5) is 20.2 Å². The van der Waals surface area contributed by atoms with E-state index < -0.39 is 18.9 Å². The second-order valence-electron chi connectivity index (χ2n) is 6.40. The van der Waals surface area contributed by atoms with Gasteiger partial charge in [-0.3, -0.25) is 9.59 Å². The average molecular weight is 370 g/mol. The van der Waals surface area contributed by atoms with Crippen LogP contribution in [-0.4, -0.2) is 41.7 Å². The third-order valence-corrected chi connectivity index (χ3v) is 5.72. The Morgan fingerprint density at radius 1 is 1.32 bits per heavy atom. The van der Waals surface area contributed by atoms with Crippen molar-refractivity contribution in [2.24, 2.45) is 5.92 Å². The van der Waals surface area contributed by atoms with Crippen molar-refractivity contribution in [1.29, 1.82) is 0 Å². The lowest BCUT2D eigenvalue weighted by molar-refractivity contribution is -0.142. The van der Waals surface area contributed by atoms with E-state index >= 15 is 0 Å². The predicted octanol–water partition coefficient (Wildman–Crippen LogP) is 3.45. The second kappa shape index (κ2) is 7.59. The molecule has 1 aliphatic carbocycles. The summed E-state index contributed by atoms with van der Waals surface area (Å²) >= 11 is 1.36. The molecule has 8 heteroatoms. The van der Waals surface area contributed by atoms with Crippen molar-refractivity contribution in [1.82, 2.24) is 0 Å². The number of alkyl halides is 2. The minimum atomic E-state index is -2.58. The molecule has 1 amide bonds. The van der Waals surface area contributed by atoms with Crippen molar-refractivity contribution >= 4 is 35.0 Å². The van der Waals surface area contributed by atoms with Gasteiger partial charge >= 0.3 is 5.97 Å². The van der Waals surface area contributed by atoms with Crippen LogP contribution in [0.15, 0.2) is 23.1 Å². The van der Waals surface area contributed by atoms with Crippen LogP contribution in [0, 0.1) is 5.92 Å². The standard InChI is InChI=1S/C17H20F2N2O3S/c18-15(19)8-21-13-7-12(5-6-14(13)25-9-16(21)22)20-11-3-1-10(2-4-11)17(23)24/h5-7,10-11,15,20H,1-4,8-9H2,(H,23,24). The number of carboxylic acids is 1. The number of thioether (sulfide) groups is 1. The maximum Gasteiger partial charge on any atom is 0.306 e. The molecule has 1 aliphatic heterocycles. The normalized spacial score (nSPS) is 23.5. The summed E-state index contributed by atoms with van der Waals surface area (Å²) in [7, 11) is 0. The summed E-state index contributed by atoms with van der Waals surface area (Å²) in [6.45, 7) is -0.598. The van der Waals surface area contributed by atoms with E-state index in [1.165, 1.54) is 11.8 Å². The summed E-state index contributed by atoms with van der Waals surface area (Å²) < 4.78 is 25.6. The molecule has 0 atom stereocenters. The number of fused-ring (bicyclic) bond motifs is 1. The Morgan fingerprint density at radius 2 is 2.04 bits per heavy atom. The maximum atomic E-state index is 12.8. The Hall–Kier alpha value is -1.83. The lowest BCUT2D eigenvalue weighted by Gasteiger charge is -2.31. The SMILES string of the molecule is O=C(O)C1CCC(Nc2ccc3c(c2)N(CC(F)F)C(=O)CS3)CC1. The van der Waals surface area contributed by atoms with Crippen LogP contribution in [0.25, 0.3) is 0 Å². The van der Waals surface area contributed by atoms with E-state index in [4.69, 9.17) is 5.11 Å². The number of carbonyl (C=O) groups is 2. The third-order valence-electron chi connectivity index (χ3n) is 4.67. The molecule has 0 unspecified atom stereocenters. The van der Waals surface area contributed by atoms with Crippen LogP contribution in [0.1, 0.15) is 25.7 Å². The summed E-state index contributed by atoms with van der Waals surface area (Å²) in [6, 6.07) is 5.62. The minimum Gasteiger partial charge on any atom is -0.481 e. The van der Waals surface area contributed by atoms with Crippen molar-refractivity contribution in [2.75, 3.05) is 22.5 Å². The highest BCUT2D eigenvalue weighted by Crippen LogP contribution is 2.38. The quantitative estimate of drug-likeness (QED) is 0.831. The van der Waals surface area contributed by atoms with Gasteiger partial charge < -0.3 is 15.3 Å². The molecule has 0 saturated heterocycles. The first-order valence-electron chi connectivity index (χ1n) is 8.28. The Balaban J connectivity index is 1.71. The number of hydrogen-bond donors (Lipinski definition) is 2. The van der Waals surface area contributed by atoms with Gasteiger partial charge in [0.05, 0.1) is 23.9 Å². The summed E-state index contributed by atoms with van der Waals surface area (Å²) in [5.74, 6) is -1.16. The Morgan fingerprint density at radius 3 is 2.68 bits per heavy atom. The van der Waals surface area contributed by atoms with E-state index in [1.807, 2.05) is 12.1 Å². The monoisotopic (exact) mass is 370 g/mol. The topological polar surface area (TPSA) is 69.6 Å². The molecule has 0 bridgehead atoms. The average Bonchev–Trinajstić information content (AvgIpc) is 2.58. The number of amides is 1. The van der Waals surface area contributed by atoms with Gasteiger partial charge in [0, 0.05) is 16.6 Å². The van der Waals surface area contributed by atoms with Crippen molar-refractivity contribution in [3.8, 4) is 0 Å². The predicted molar refractivity (Wildman–Crippen MR) is 92.5 cm³/mol. The van der Waals surface area contributed by atoms with Crippen LogP contribution in [-0.2, 0) is 9.59 Å². The molecule has 1 aromatic rings. The molecule has 1 aromatic carbocycles. The van der Waals surface area contributed by atoms with Gasteiger partial charge in [0.2, 0.25) is 5.91 Å². The highest BCUT2D eigenvalue weighted by Gasteiger charge is 2.29. The minimum absolute atomic E-state index is 0.157. The van der Waals surface area contributed by atoms with Crippen molar-refractivity contribution in [3.63, 3.8) is 0 Å². The number of hydrogen-bond acceptors (Lipinski definition) is 4. The summed E-state index contributed by atoms with van der Waals surface area (Å²) in [6.07, 6.45) is 0.182. The van der Waals surface area contributed by atoms with Crippen LogP contribution in [0.2, 0.25) is 0 Å². The first-order chi connectivity index (χ1) is 11.9. The van der Waals surface area contributed by atoms with Gasteiger partial charge in [0.1, 0.15) is 0 Å². The Labute approximate surface area is 148 Å². The molecule has 2 N–H and O–H groups in total. The summed E-state index contributed by atoms with van der Waals surface area (Å²) in [4.78, 5) is 25.0. The van der Waals surface area contributed by atoms with E-state index in [0.29, 0.717) is 18.5 Å². The molecule has 25 heavy (non-hydrogen) atoms. The highest BCUT2D eigenvalue weighted by atomic mass is 32.2. The number of nitrogens with zero attached hydrogens (tertiary/aromatic N) is 1. The fourth-order valence-electron chi connectivity index (χ4n) is 3.35. The smallest absolute Gasteiger partial charge is 0.306 e. The molecule has 1 saturated carbocycles. The molecule has 5 nitrogen and oxygen atoms in total. The zero-order chi connectivity index (χ0) is 18.0. The van der Waals surface area contributed by atoms with Gasteiger partial charge in [-0.25, -0.2) is 8.78 Å². The molecule has 136 valence electrons. The molecule has 0 spiro atoms. The Kier molecular flexibility index (Phi) is 5.46. The maximum absolute atomic E-state index is 12.8. The van der Waals surface area contributed by atoms with Gasteiger partial charge in [-0.05, 0) is 43.9 Å². The largest absolute Gasteiger partial charge is 0.481 e. The second-order valence-corrected chi connectivity index (χ2v) is 7.41. The van der Waals surface area contributed by atoms with Crippen LogP contribution < -0.4 is 10.2 Å². The number of halogens is 2. The van der Waals surface area contributed by atoms with Gasteiger partial charge in [-0.1, -0.05) is 0 Å². The highest BCUT2D eigenvalue weighted by molar-refractivity contribution is 8.00. The van der Waals surface area contributed by atoms with Gasteiger partial charge in [0.25, 0.3) is 6.43 Å². The van der Waals surface area contributed by atoms with E-state index in [-0.39, 0.29) is 23.6 Å². The van der Waals surface area contributed by atoms with E-state index in [2.05, 4.69) is 5.32 Å². The van der Waals surface area contributed by atoms with Gasteiger partial charge in [-0.15, -0.1) is 11.8 Å². The molecule has 0 radical (unpaired) electrons. The van der Waals surface area contributed by atoms with E-state index in [1.54, 1.807) is 6.07 Å². The number of rotatable bonds is 5. The first kappa shape index (κ1) is 18.0. The van der Waals surface area contributed by atoms with E-state index in [0.717, 1.165) is 28.3 Å². The van der Waals surface area contributed by atoms with Crippen LogP contribution >= 0.6 is 11.8 Å². The lowest BCUT2D eigenvalue weighted by Crippen LogP contribution is -2.38. The molecule has 1 fully saturated rings. The zero-order valence-electron chi connectivity index (χ0n) is 13.6. The number of carbonyl (C=O) groups excluding carboxylic acids is 1. The number of carboxylic acid groups (broad SMARTS) is 1. The summed E-state index contributed by atoms with van der Waals surface area (Å²) in [5, 5.41) is 12.4. The molecular weight excluding hydrogens is 350 g/mol.